The van der Waals surface area contributed by atoms with E-state index in [4.69, 9.17) is 10.5 Å². The van der Waals surface area contributed by atoms with Gasteiger partial charge in [0.2, 0.25) is 0 Å². The predicted molar refractivity (Wildman–Crippen MR) is 72.2 cm³/mol. The van der Waals surface area contributed by atoms with Gasteiger partial charge in [-0.15, -0.1) is 12.4 Å². The molecule has 1 aliphatic carbocycles. The third-order valence-electron chi connectivity index (χ3n) is 3.59. The zero-order chi connectivity index (χ0) is 12.4. The third-order valence-corrected chi connectivity index (χ3v) is 3.59. The van der Waals surface area contributed by atoms with Crippen LogP contribution in [0, 0.1) is 5.92 Å². The number of aliphatic hydroxyl groups is 1. The number of phenolic OH excluding ortho intramolecular Hbond substituents is 1. The van der Waals surface area contributed by atoms with E-state index in [-0.39, 0.29) is 24.1 Å². The summed E-state index contributed by atoms with van der Waals surface area (Å²) in [6.45, 7) is 0. The summed E-state index contributed by atoms with van der Waals surface area (Å²) in [7, 11) is 1.56. The van der Waals surface area contributed by atoms with Crippen LogP contribution in [0.4, 0.5) is 0 Å². The van der Waals surface area contributed by atoms with Gasteiger partial charge in [0.25, 0.3) is 0 Å². The largest absolute Gasteiger partial charge is 0.508 e. The molecule has 0 heterocycles. The summed E-state index contributed by atoms with van der Waals surface area (Å²) in [6.07, 6.45) is 2.58. The lowest BCUT2D eigenvalue weighted by Crippen LogP contribution is -2.36. The maximum absolute atomic E-state index is 10.1. The van der Waals surface area contributed by atoms with Crippen molar-refractivity contribution in [1.29, 1.82) is 0 Å². The molecule has 0 amide bonds. The van der Waals surface area contributed by atoms with Gasteiger partial charge in [0.1, 0.15) is 11.5 Å². The number of halogens is 1. The summed E-state index contributed by atoms with van der Waals surface area (Å²) >= 11 is 0. The number of rotatable bonds is 4. The maximum atomic E-state index is 10.1. The molecule has 1 aromatic rings. The summed E-state index contributed by atoms with van der Waals surface area (Å²) < 4.78 is 5.09. The smallest absolute Gasteiger partial charge is 0.120 e. The van der Waals surface area contributed by atoms with Crippen LogP contribution in [0.3, 0.4) is 0 Å². The molecule has 2 atom stereocenters. The highest BCUT2D eigenvalue weighted by molar-refractivity contribution is 5.85. The molecule has 0 unspecified atom stereocenters. The molecule has 0 radical (unpaired) electrons. The van der Waals surface area contributed by atoms with Gasteiger partial charge in [-0.05, 0) is 37.0 Å². The normalized spacial score (nSPS) is 18.4. The van der Waals surface area contributed by atoms with Crippen LogP contribution in [0.1, 0.15) is 30.9 Å². The van der Waals surface area contributed by atoms with Crippen molar-refractivity contribution in [3.05, 3.63) is 23.8 Å². The summed E-state index contributed by atoms with van der Waals surface area (Å²) in [4.78, 5) is 0. The molecule has 0 aliphatic heterocycles. The maximum Gasteiger partial charge on any atom is 0.120 e. The van der Waals surface area contributed by atoms with Crippen molar-refractivity contribution in [1.82, 2.24) is 0 Å². The van der Waals surface area contributed by atoms with Crippen molar-refractivity contribution >= 4 is 12.4 Å². The number of phenols is 1. The minimum Gasteiger partial charge on any atom is -0.508 e. The van der Waals surface area contributed by atoms with Crippen molar-refractivity contribution < 1.29 is 14.9 Å². The van der Waals surface area contributed by atoms with E-state index in [9.17, 15) is 10.2 Å². The van der Waals surface area contributed by atoms with Gasteiger partial charge >= 0.3 is 0 Å². The van der Waals surface area contributed by atoms with Gasteiger partial charge in [-0.3, -0.25) is 0 Å². The number of hydrogen-bond donors (Lipinski definition) is 3. The number of aromatic hydroxyl groups is 1. The van der Waals surface area contributed by atoms with E-state index >= 15 is 0 Å². The fourth-order valence-corrected chi connectivity index (χ4v) is 2.19. The van der Waals surface area contributed by atoms with E-state index in [1.807, 2.05) is 0 Å². The highest BCUT2D eigenvalue weighted by Gasteiger charge is 2.31. The van der Waals surface area contributed by atoms with E-state index in [2.05, 4.69) is 0 Å². The highest BCUT2D eigenvalue weighted by Crippen LogP contribution is 2.37. The van der Waals surface area contributed by atoms with Gasteiger partial charge in [-0.2, -0.15) is 0 Å². The molecule has 2 rings (SSSR count). The first-order chi connectivity index (χ1) is 8.13. The predicted octanol–water partition coefficient (Wildman–Crippen LogP) is 1.98. The minimum atomic E-state index is -0.596. The number of benzene rings is 1. The van der Waals surface area contributed by atoms with Crippen molar-refractivity contribution in [2.75, 3.05) is 7.11 Å². The van der Waals surface area contributed by atoms with Crippen LogP contribution in [0.15, 0.2) is 18.2 Å². The molecule has 5 heteroatoms. The van der Waals surface area contributed by atoms with E-state index in [0.717, 1.165) is 19.3 Å². The Labute approximate surface area is 113 Å². The Balaban J connectivity index is 0.00000162. The first-order valence-corrected chi connectivity index (χ1v) is 5.94. The van der Waals surface area contributed by atoms with Crippen LogP contribution < -0.4 is 10.5 Å². The lowest BCUT2D eigenvalue weighted by Gasteiger charge is -2.34. The van der Waals surface area contributed by atoms with E-state index < -0.39 is 12.1 Å². The molecule has 4 nitrogen and oxygen atoms in total. The molecule has 18 heavy (non-hydrogen) atoms. The average Bonchev–Trinajstić information content (AvgIpc) is 2.26. The monoisotopic (exact) mass is 273 g/mol. The molecular weight excluding hydrogens is 254 g/mol. The van der Waals surface area contributed by atoms with Gasteiger partial charge in [0.15, 0.2) is 0 Å². The van der Waals surface area contributed by atoms with E-state index in [1.165, 1.54) is 0 Å². The van der Waals surface area contributed by atoms with Gasteiger partial charge in [0, 0.05) is 5.56 Å². The topological polar surface area (TPSA) is 75.7 Å². The number of hydrogen-bond acceptors (Lipinski definition) is 4. The molecule has 1 fully saturated rings. The SMILES string of the molecule is COc1ccc(O)c([C@H](N)[C@H](O)C2CCC2)c1.Cl. The summed E-state index contributed by atoms with van der Waals surface area (Å²) in [6, 6.07) is 4.33. The second kappa shape index (κ2) is 6.27. The first kappa shape index (κ1) is 15.1. The van der Waals surface area contributed by atoms with Crippen molar-refractivity contribution in [2.45, 2.75) is 31.4 Å². The number of nitrogens with two attached hydrogens (primary N) is 1. The molecule has 4 N–H and O–H groups in total. The second-order valence-corrected chi connectivity index (χ2v) is 4.63. The Bertz CT molecular complexity index is 396. The first-order valence-electron chi connectivity index (χ1n) is 5.94. The molecule has 1 saturated carbocycles. The lowest BCUT2D eigenvalue weighted by molar-refractivity contribution is 0.0407. The molecule has 1 aliphatic rings. The molecule has 102 valence electrons. The van der Waals surface area contributed by atoms with Crippen LogP contribution in [0.25, 0.3) is 0 Å². The molecular formula is C13H20ClNO3. The summed E-state index contributed by atoms with van der Waals surface area (Å²) in [5, 5.41) is 19.9. The molecule has 0 spiro atoms. The standard InChI is InChI=1S/C13H19NO3.ClH/c1-17-9-5-6-11(15)10(7-9)12(14)13(16)8-3-2-4-8;/h5-8,12-13,15-16H,2-4,14H2,1H3;1H/t12-,13+;/m0./s1. The van der Waals surface area contributed by atoms with Crippen molar-refractivity contribution in [3.8, 4) is 11.5 Å². The molecule has 0 aromatic heterocycles. The zero-order valence-corrected chi connectivity index (χ0v) is 11.2. The van der Waals surface area contributed by atoms with Crippen molar-refractivity contribution in [2.24, 2.45) is 11.7 Å². The Morgan fingerprint density at radius 2 is 2.06 bits per heavy atom. The quantitative estimate of drug-likeness (QED) is 0.784. The molecule has 0 saturated heterocycles. The average molecular weight is 274 g/mol. The van der Waals surface area contributed by atoms with E-state index in [0.29, 0.717) is 11.3 Å². The van der Waals surface area contributed by atoms with E-state index in [1.54, 1.807) is 25.3 Å². The minimum absolute atomic E-state index is 0. The fourth-order valence-electron chi connectivity index (χ4n) is 2.19. The van der Waals surface area contributed by atoms with Crippen molar-refractivity contribution in [3.63, 3.8) is 0 Å². The van der Waals surface area contributed by atoms with Crippen LogP contribution >= 0.6 is 12.4 Å². The number of methoxy groups -OCH3 is 1. The van der Waals surface area contributed by atoms with Gasteiger partial charge in [0.05, 0.1) is 19.3 Å². The summed E-state index contributed by atoms with van der Waals surface area (Å²) in [5.41, 5.74) is 6.55. The second-order valence-electron chi connectivity index (χ2n) is 4.63. The molecule has 0 bridgehead atoms. The Hall–Kier alpha value is -0.970. The van der Waals surface area contributed by atoms with Crippen LogP contribution in [-0.4, -0.2) is 23.4 Å². The van der Waals surface area contributed by atoms with Gasteiger partial charge < -0.3 is 20.7 Å². The Kier molecular flexibility index (Phi) is 5.26. The highest BCUT2D eigenvalue weighted by atomic mass is 35.5. The van der Waals surface area contributed by atoms with Crippen LogP contribution in [0.2, 0.25) is 0 Å². The zero-order valence-electron chi connectivity index (χ0n) is 10.4. The third kappa shape index (κ3) is 2.88. The van der Waals surface area contributed by atoms with Crippen LogP contribution in [0.5, 0.6) is 11.5 Å². The Morgan fingerprint density at radius 1 is 1.39 bits per heavy atom. The molecule has 1 aromatic carbocycles. The van der Waals surface area contributed by atoms with Crippen LogP contribution in [-0.2, 0) is 0 Å². The lowest BCUT2D eigenvalue weighted by atomic mass is 9.77. The Morgan fingerprint density at radius 3 is 2.56 bits per heavy atom. The number of ether oxygens (including phenoxy) is 1. The number of aliphatic hydroxyl groups excluding tert-OH is 1. The van der Waals surface area contributed by atoms with Gasteiger partial charge in [-0.25, -0.2) is 0 Å². The summed E-state index contributed by atoms with van der Waals surface area (Å²) in [5.74, 6) is 1.00. The van der Waals surface area contributed by atoms with Gasteiger partial charge in [-0.1, -0.05) is 6.42 Å². The fraction of sp³-hybridized carbons (Fsp3) is 0.538.